The zero-order valence-corrected chi connectivity index (χ0v) is 10.1. The van der Waals surface area contributed by atoms with E-state index in [-0.39, 0.29) is 17.3 Å². The molecule has 1 aromatic heterocycles. The Balaban J connectivity index is 3.38. The zero-order chi connectivity index (χ0) is 13.9. The number of aromatic nitrogens is 1. The van der Waals surface area contributed by atoms with Crippen LogP contribution in [-0.2, 0) is 5.33 Å². The quantitative estimate of drug-likeness (QED) is 0.480. The van der Waals surface area contributed by atoms with E-state index in [9.17, 15) is 26.7 Å². The van der Waals surface area contributed by atoms with Crippen LogP contribution in [0.4, 0.5) is 22.0 Å². The number of alkyl halides is 6. The van der Waals surface area contributed by atoms with Gasteiger partial charge in [0, 0.05) is 5.33 Å². The summed E-state index contributed by atoms with van der Waals surface area (Å²) in [7, 11) is 0. The Morgan fingerprint density at radius 2 is 2.06 bits per heavy atom. The van der Waals surface area contributed by atoms with Crippen LogP contribution in [0.25, 0.3) is 0 Å². The SMILES string of the molecule is O=Cc1c(OC(F)(F)F)cnc(CBr)c1C(F)F. The van der Waals surface area contributed by atoms with Gasteiger partial charge >= 0.3 is 6.36 Å². The van der Waals surface area contributed by atoms with Gasteiger partial charge in [0.05, 0.1) is 23.0 Å². The Morgan fingerprint density at radius 3 is 2.44 bits per heavy atom. The molecule has 0 bridgehead atoms. The van der Waals surface area contributed by atoms with Gasteiger partial charge in [0.25, 0.3) is 6.43 Å². The van der Waals surface area contributed by atoms with E-state index >= 15 is 0 Å². The number of nitrogens with zero attached hydrogens (tertiary/aromatic N) is 1. The third-order valence-corrected chi connectivity index (χ3v) is 2.42. The molecule has 0 spiro atoms. The summed E-state index contributed by atoms with van der Waals surface area (Å²) in [5, 5.41) is -0.125. The number of pyridine rings is 1. The molecular weight excluding hydrogens is 329 g/mol. The Kier molecular flexibility index (Phi) is 4.60. The van der Waals surface area contributed by atoms with Crippen LogP contribution < -0.4 is 4.74 Å². The molecule has 0 amide bonds. The van der Waals surface area contributed by atoms with E-state index in [1.165, 1.54) is 0 Å². The molecule has 1 heterocycles. The summed E-state index contributed by atoms with van der Waals surface area (Å²) in [4.78, 5) is 14.1. The van der Waals surface area contributed by atoms with Gasteiger partial charge in [-0.1, -0.05) is 15.9 Å². The van der Waals surface area contributed by atoms with E-state index in [1.54, 1.807) is 0 Å². The van der Waals surface area contributed by atoms with Crippen molar-refractivity contribution in [1.82, 2.24) is 4.98 Å². The predicted octanol–water partition coefficient (Wildman–Crippen LogP) is 3.63. The first-order chi connectivity index (χ1) is 8.30. The van der Waals surface area contributed by atoms with Crippen molar-refractivity contribution < 1.29 is 31.5 Å². The summed E-state index contributed by atoms with van der Waals surface area (Å²) in [5.41, 5.74) is -1.95. The minimum Gasteiger partial charge on any atom is -0.403 e. The normalized spacial score (nSPS) is 11.7. The van der Waals surface area contributed by atoms with Crippen molar-refractivity contribution in [1.29, 1.82) is 0 Å². The van der Waals surface area contributed by atoms with Crippen LogP contribution in [0.3, 0.4) is 0 Å². The lowest BCUT2D eigenvalue weighted by molar-refractivity contribution is -0.274. The Bertz CT molecular complexity index is 449. The second-order valence-electron chi connectivity index (χ2n) is 3.00. The van der Waals surface area contributed by atoms with Crippen LogP contribution in [0.5, 0.6) is 5.75 Å². The third kappa shape index (κ3) is 3.37. The van der Waals surface area contributed by atoms with Crippen molar-refractivity contribution in [2.24, 2.45) is 0 Å². The topological polar surface area (TPSA) is 39.2 Å². The molecule has 0 atom stereocenters. The monoisotopic (exact) mass is 333 g/mol. The van der Waals surface area contributed by atoms with Gasteiger partial charge in [-0.3, -0.25) is 9.78 Å². The van der Waals surface area contributed by atoms with Crippen LogP contribution in [0.2, 0.25) is 0 Å². The largest absolute Gasteiger partial charge is 0.573 e. The van der Waals surface area contributed by atoms with Gasteiger partial charge in [0.15, 0.2) is 12.0 Å². The van der Waals surface area contributed by atoms with Crippen molar-refractivity contribution in [2.75, 3.05) is 0 Å². The number of hydrogen-bond acceptors (Lipinski definition) is 3. The maximum absolute atomic E-state index is 12.7. The van der Waals surface area contributed by atoms with Crippen molar-refractivity contribution in [3.05, 3.63) is 23.0 Å². The summed E-state index contributed by atoms with van der Waals surface area (Å²) >= 11 is 2.85. The fraction of sp³-hybridized carbons (Fsp3) is 0.333. The summed E-state index contributed by atoms with van der Waals surface area (Å²) in [6.07, 6.45) is -7.76. The molecule has 0 saturated heterocycles. The summed E-state index contributed by atoms with van der Waals surface area (Å²) < 4.78 is 64.9. The number of rotatable bonds is 4. The Morgan fingerprint density at radius 1 is 1.44 bits per heavy atom. The summed E-state index contributed by atoms with van der Waals surface area (Å²) in [5.74, 6) is -1.04. The molecule has 0 radical (unpaired) electrons. The molecule has 0 saturated carbocycles. The zero-order valence-electron chi connectivity index (χ0n) is 8.47. The standard InChI is InChI=1S/C9H5BrF5NO2/c10-1-5-7(8(11)12)4(3-17)6(2-16-5)18-9(13,14)15/h2-3,8H,1H2. The summed E-state index contributed by atoms with van der Waals surface area (Å²) in [6.45, 7) is 0. The second kappa shape index (κ2) is 5.59. The van der Waals surface area contributed by atoms with Gasteiger partial charge in [0.1, 0.15) is 0 Å². The highest BCUT2D eigenvalue weighted by Gasteiger charge is 2.34. The smallest absolute Gasteiger partial charge is 0.403 e. The first kappa shape index (κ1) is 14.8. The van der Waals surface area contributed by atoms with E-state index < -0.39 is 29.7 Å². The van der Waals surface area contributed by atoms with E-state index in [0.29, 0.717) is 6.20 Å². The number of hydrogen-bond donors (Lipinski definition) is 0. The molecule has 9 heteroatoms. The minimum atomic E-state index is -5.09. The highest BCUT2D eigenvalue weighted by atomic mass is 79.9. The van der Waals surface area contributed by atoms with Gasteiger partial charge < -0.3 is 4.74 Å². The number of halogens is 6. The molecule has 18 heavy (non-hydrogen) atoms. The molecular formula is C9H5BrF5NO2. The van der Waals surface area contributed by atoms with E-state index in [1.807, 2.05) is 0 Å². The van der Waals surface area contributed by atoms with E-state index in [0.717, 1.165) is 0 Å². The fourth-order valence-electron chi connectivity index (χ4n) is 1.24. The Hall–Kier alpha value is -1.25. The van der Waals surface area contributed by atoms with E-state index in [4.69, 9.17) is 0 Å². The predicted molar refractivity (Wildman–Crippen MR) is 53.9 cm³/mol. The molecule has 0 unspecified atom stereocenters. The number of ether oxygens (including phenoxy) is 1. The number of carbonyl (C=O) groups is 1. The van der Waals surface area contributed by atoms with Gasteiger partial charge in [0.2, 0.25) is 0 Å². The average molecular weight is 334 g/mol. The van der Waals surface area contributed by atoms with Gasteiger partial charge in [-0.2, -0.15) is 0 Å². The summed E-state index contributed by atoms with van der Waals surface area (Å²) in [6, 6.07) is 0. The lowest BCUT2D eigenvalue weighted by Gasteiger charge is -2.14. The van der Waals surface area contributed by atoms with Crippen molar-refractivity contribution in [3.63, 3.8) is 0 Å². The molecule has 1 aromatic rings. The average Bonchev–Trinajstić information content (AvgIpc) is 2.26. The third-order valence-electron chi connectivity index (χ3n) is 1.89. The van der Waals surface area contributed by atoms with Crippen molar-refractivity contribution in [3.8, 4) is 5.75 Å². The molecule has 0 fully saturated rings. The molecule has 1 rings (SSSR count). The lowest BCUT2D eigenvalue weighted by atomic mass is 10.1. The van der Waals surface area contributed by atoms with Gasteiger partial charge in [-0.05, 0) is 0 Å². The lowest BCUT2D eigenvalue weighted by Crippen LogP contribution is -2.19. The molecule has 100 valence electrons. The molecule has 0 aliphatic carbocycles. The fourth-order valence-corrected chi connectivity index (χ4v) is 1.69. The van der Waals surface area contributed by atoms with Gasteiger partial charge in [-0.25, -0.2) is 8.78 Å². The van der Waals surface area contributed by atoms with Crippen LogP contribution in [0, 0.1) is 0 Å². The molecule has 0 aromatic carbocycles. The number of carbonyl (C=O) groups excluding carboxylic acids is 1. The molecule has 0 N–H and O–H groups in total. The first-order valence-corrected chi connectivity index (χ1v) is 5.49. The second-order valence-corrected chi connectivity index (χ2v) is 3.56. The van der Waals surface area contributed by atoms with Crippen LogP contribution >= 0.6 is 15.9 Å². The van der Waals surface area contributed by atoms with Crippen molar-refractivity contribution >= 4 is 22.2 Å². The van der Waals surface area contributed by atoms with Crippen LogP contribution in [-0.4, -0.2) is 17.6 Å². The highest BCUT2D eigenvalue weighted by molar-refractivity contribution is 9.08. The van der Waals surface area contributed by atoms with Crippen molar-refractivity contribution in [2.45, 2.75) is 18.1 Å². The number of aldehydes is 1. The van der Waals surface area contributed by atoms with Gasteiger partial charge in [-0.15, -0.1) is 13.2 Å². The van der Waals surface area contributed by atoms with Crippen LogP contribution in [0.1, 0.15) is 28.0 Å². The molecule has 0 aliphatic heterocycles. The highest BCUT2D eigenvalue weighted by Crippen LogP contribution is 2.33. The first-order valence-electron chi connectivity index (χ1n) is 4.37. The van der Waals surface area contributed by atoms with E-state index in [2.05, 4.69) is 25.7 Å². The molecule has 0 aliphatic rings. The molecule has 3 nitrogen and oxygen atoms in total. The Labute approximate surface area is 106 Å². The maximum Gasteiger partial charge on any atom is 0.573 e. The minimum absolute atomic E-state index is 0.115. The maximum atomic E-state index is 12.7. The van der Waals surface area contributed by atoms with Crippen LogP contribution in [0.15, 0.2) is 6.20 Å².